The Bertz CT molecular complexity index is 614. The third kappa shape index (κ3) is 2.71. The molecular formula is C10H6BrN3O3S. The lowest BCUT2D eigenvalue weighted by molar-refractivity contribution is 0.0691. The molecule has 0 aromatic carbocycles. The van der Waals surface area contributed by atoms with Crippen molar-refractivity contribution in [2.45, 2.75) is 0 Å². The molecule has 0 atom stereocenters. The van der Waals surface area contributed by atoms with Crippen molar-refractivity contribution in [2.75, 3.05) is 5.32 Å². The zero-order valence-corrected chi connectivity index (χ0v) is 11.2. The van der Waals surface area contributed by atoms with Crippen LogP contribution >= 0.6 is 27.3 Å². The van der Waals surface area contributed by atoms with Gasteiger partial charge in [-0.15, -0.1) is 11.3 Å². The Morgan fingerprint density at radius 1 is 1.33 bits per heavy atom. The van der Waals surface area contributed by atoms with Gasteiger partial charge >= 0.3 is 5.97 Å². The van der Waals surface area contributed by atoms with Crippen molar-refractivity contribution in [3.63, 3.8) is 0 Å². The lowest BCUT2D eigenvalue weighted by Crippen LogP contribution is -2.16. The highest BCUT2D eigenvalue weighted by Gasteiger charge is 2.16. The van der Waals surface area contributed by atoms with Gasteiger partial charge in [-0.05, 0) is 22.0 Å². The van der Waals surface area contributed by atoms with Crippen LogP contribution < -0.4 is 5.32 Å². The Hall–Kier alpha value is -1.80. The molecule has 1 amide bonds. The Morgan fingerprint density at radius 2 is 2.06 bits per heavy atom. The number of aromatic carboxylic acids is 1. The molecular weight excluding hydrogens is 322 g/mol. The molecule has 2 N–H and O–H groups in total. The normalized spacial score (nSPS) is 10.1. The summed E-state index contributed by atoms with van der Waals surface area (Å²) in [6.45, 7) is 0. The van der Waals surface area contributed by atoms with Crippen LogP contribution in [0.4, 0.5) is 5.82 Å². The minimum atomic E-state index is -1.25. The standard InChI is InChI=1S/C10H6BrN3O3S/c11-6-3-5(4-18-6)9(15)14-8-7(10(16)17)12-1-2-13-8/h1-4H,(H,16,17)(H,13,14,15). The van der Waals surface area contributed by atoms with Crippen LogP contribution in [0.1, 0.15) is 20.8 Å². The number of carboxylic acid groups (broad SMARTS) is 1. The molecule has 2 rings (SSSR count). The zero-order valence-electron chi connectivity index (χ0n) is 8.75. The summed E-state index contributed by atoms with van der Waals surface area (Å²) < 4.78 is 0.810. The van der Waals surface area contributed by atoms with Gasteiger partial charge in [-0.2, -0.15) is 0 Å². The van der Waals surface area contributed by atoms with E-state index >= 15 is 0 Å². The number of hydrogen-bond acceptors (Lipinski definition) is 5. The number of carbonyl (C=O) groups is 2. The number of halogens is 1. The average molecular weight is 328 g/mol. The molecule has 0 bridgehead atoms. The third-order valence-corrected chi connectivity index (χ3v) is 3.47. The first-order valence-electron chi connectivity index (χ1n) is 4.67. The molecule has 0 unspecified atom stereocenters. The van der Waals surface area contributed by atoms with Crippen LogP contribution in [0.2, 0.25) is 0 Å². The maximum atomic E-state index is 11.8. The van der Waals surface area contributed by atoms with E-state index in [0.29, 0.717) is 5.56 Å². The van der Waals surface area contributed by atoms with Crippen LogP contribution in [-0.2, 0) is 0 Å². The molecule has 0 aliphatic carbocycles. The minimum Gasteiger partial charge on any atom is -0.476 e. The van der Waals surface area contributed by atoms with Gasteiger partial charge in [0.25, 0.3) is 5.91 Å². The van der Waals surface area contributed by atoms with Gasteiger partial charge in [0.1, 0.15) is 0 Å². The van der Waals surface area contributed by atoms with Gasteiger partial charge in [-0.3, -0.25) is 4.79 Å². The number of anilines is 1. The van der Waals surface area contributed by atoms with Gasteiger partial charge in [-0.25, -0.2) is 14.8 Å². The number of carboxylic acids is 1. The zero-order chi connectivity index (χ0) is 13.1. The van der Waals surface area contributed by atoms with Gasteiger partial charge in [0.2, 0.25) is 0 Å². The monoisotopic (exact) mass is 327 g/mol. The number of carbonyl (C=O) groups excluding carboxylic acids is 1. The van der Waals surface area contributed by atoms with E-state index in [1.54, 1.807) is 11.4 Å². The highest BCUT2D eigenvalue weighted by Crippen LogP contribution is 2.21. The molecule has 0 spiro atoms. The van der Waals surface area contributed by atoms with E-state index in [1.165, 1.54) is 23.7 Å². The summed E-state index contributed by atoms with van der Waals surface area (Å²) in [5.74, 6) is -1.75. The number of nitrogens with zero attached hydrogens (tertiary/aromatic N) is 2. The van der Waals surface area contributed by atoms with Crippen LogP contribution in [0.5, 0.6) is 0 Å². The molecule has 0 aliphatic rings. The average Bonchev–Trinajstić information content (AvgIpc) is 2.76. The van der Waals surface area contributed by atoms with Crippen molar-refractivity contribution in [1.29, 1.82) is 0 Å². The Morgan fingerprint density at radius 3 is 2.67 bits per heavy atom. The third-order valence-electron chi connectivity index (χ3n) is 1.96. The first kappa shape index (κ1) is 12.7. The fourth-order valence-electron chi connectivity index (χ4n) is 1.19. The van der Waals surface area contributed by atoms with Crippen LogP contribution in [0, 0.1) is 0 Å². The molecule has 18 heavy (non-hydrogen) atoms. The van der Waals surface area contributed by atoms with E-state index in [2.05, 4.69) is 31.2 Å². The minimum absolute atomic E-state index is 0.0719. The predicted octanol–water partition coefficient (Wildman–Crippen LogP) is 2.25. The summed E-state index contributed by atoms with van der Waals surface area (Å²) in [6.07, 6.45) is 2.56. The van der Waals surface area contributed by atoms with Crippen molar-refractivity contribution < 1.29 is 14.7 Å². The number of thiophene rings is 1. The topological polar surface area (TPSA) is 92.2 Å². The maximum absolute atomic E-state index is 11.8. The van der Waals surface area contributed by atoms with Crippen molar-refractivity contribution in [2.24, 2.45) is 0 Å². The second-order valence-corrected chi connectivity index (χ2v) is 5.44. The molecule has 2 heterocycles. The van der Waals surface area contributed by atoms with Crippen molar-refractivity contribution in [3.05, 3.63) is 38.9 Å². The van der Waals surface area contributed by atoms with Crippen molar-refractivity contribution in [3.8, 4) is 0 Å². The maximum Gasteiger partial charge on any atom is 0.358 e. The molecule has 0 radical (unpaired) electrons. The number of hydrogen-bond donors (Lipinski definition) is 2. The summed E-state index contributed by atoms with van der Waals surface area (Å²) in [5, 5.41) is 13.0. The van der Waals surface area contributed by atoms with Crippen LogP contribution in [0.15, 0.2) is 27.6 Å². The largest absolute Gasteiger partial charge is 0.476 e. The highest BCUT2D eigenvalue weighted by atomic mass is 79.9. The smallest absolute Gasteiger partial charge is 0.358 e. The van der Waals surface area contributed by atoms with Crippen LogP contribution in [-0.4, -0.2) is 27.0 Å². The van der Waals surface area contributed by atoms with E-state index in [0.717, 1.165) is 3.79 Å². The number of rotatable bonds is 3. The summed E-state index contributed by atoms with van der Waals surface area (Å²) in [7, 11) is 0. The molecule has 8 heteroatoms. The lowest BCUT2D eigenvalue weighted by Gasteiger charge is -2.04. The second-order valence-electron chi connectivity index (χ2n) is 3.15. The Labute approximate surface area is 114 Å². The molecule has 6 nitrogen and oxygen atoms in total. The highest BCUT2D eigenvalue weighted by molar-refractivity contribution is 9.11. The van der Waals surface area contributed by atoms with Gasteiger partial charge < -0.3 is 10.4 Å². The first-order chi connectivity index (χ1) is 8.58. The van der Waals surface area contributed by atoms with Crippen LogP contribution in [0.3, 0.4) is 0 Å². The van der Waals surface area contributed by atoms with Crippen molar-refractivity contribution in [1.82, 2.24) is 9.97 Å². The number of nitrogens with one attached hydrogen (secondary N) is 1. The van der Waals surface area contributed by atoms with Gasteiger partial charge in [0.15, 0.2) is 11.5 Å². The fraction of sp³-hybridized carbons (Fsp3) is 0. The molecule has 0 fully saturated rings. The van der Waals surface area contributed by atoms with E-state index in [1.807, 2.05) is 0 Å². The quantitative estimate of drug-likeness (QED) is 0.901. The SMILES string of the molecule is O=C(Nc1nccnc1C(=O)O)c1csc(Br)c1. The Kier molecular flexibility index (Phi) is 3.68. The second kappa shape index (κ2) is 5.23. The fourth-order valence-corrected chi connectivity index (χ4v) is 2.33. The van der Waals surface area contributed by atoms with Gasteiger partial charge in [0, 0.05) is 17.8 Å². The molecule has 0 saturated carbocycles. The Balaban J connectivity index is 2.24. The lowest BCUT2D eigenvalue weighted by atomic mass is 10.3. The summed E-state index contributed by atoms with van der Waals surface area (Å²) in [6, 6.07) is 1.64. The molecule has 2 aromatic rings. The van der Waals surface area contributed by atoms with E-state index in [9.17, 15) is 9.59 Å². The van der Waals surface area contributed by atoms with E-state index in [4.69, 9.17) is 5.11 Å². The summed E-state index contributed by atoms with van der Waals surface area (Å²) in [4.78, 5) is 30.1. The van der Waals surface area contributed by atoms with Gasteiger partial charge in [0.05, 0.1) is 9.35 Å². The van der Waals surface area contributed by atoms with E-state index in [-0.39, 0.29) is 11.5 Å². The van der Waals surface area contributed by atoms with Crippen LogP contribution in [0.25, 0.3) is 0 Å². The number of amides is 1. The van der Waals surface area contributed by atoms with Crippen molar-refractivity contribution >= 4 is 45.0 Å². The molecule has 2 aromatic heterocycles. The van der Waals surface area contributed by atoms with Gasteiger partial charge in [-0.1, -0.05) is 0 Å². The molecule has 0 saturated heterocycles. The van der Waals surface area contributed by atoms with E-state index < -0.39 is 11.9 Å². The predicted molar refractivity (Wildman–Crippen MR) is 69.0 cm³/mol. The molecule has 92 valence electrons. The molecule has 0 aliphatic heterocycles. The first-order valence-corrected chi connectivity index (χ1v) is 6.35. The summed E-state index contributed by atoms with van der Waals surface area (Å²) >= 11 is 4.60. The summed E-state index contributed by atoms with van der Waals surface area (Å²) in [5.41, 5.74) is 0.133. The number of aromatic nitrogens is 2.